The lowest BCUT2D eigenvalue weighted by molar-refractivity contribution is 0.507. The highest BCUT2D eigenvalue weighted by Gasteiger charge is 2.08. The molecule has 1 unspecified atom stereocenters. The molecule has 16 heavy (non-hydrogen) atoms. The molecule has 0 fully saturated rings. The van der Waals surface area contributed by atoms with Gasteiger partial charge in [-0.25, -0.2) is 0 Å². The minimum atomic E-state index is 0.446. The van der Waals surface area contributed by atoms with Gasteiger partial charge in [0.15, 0.2) is 0 Å². The molecule has 0 radical (unpaired) electrons. The molecule has 0 heterocycles. The molecule has 0 amide bonds. The minimum absolute atomic E-state index is 0.446. The highest BCUT2D eigenvalue weighted by Crippen LogP contribution is 2.18. The molecule has 0 saturated carbocycles. The maximum absolute atomic E-state index is 3.50. The average molecular weight is 215 g/mol. The topological polar surface area (TPSA) is 12.0 Å². The van der Waals surface area contributed by atoms with Gasteiger partial charge < -0.3 is 0 Å². The fraction of sp³-hybridized carbons (Fsp3) is 0.467. The van der Waals surface area contributed by atoms with Crippen LogP contribution in [-0.4, -0.2) is 6.54 Å². The van der Waals surface area contributed by atoms with E-state index in [1.165, 1.54) is 24.8 Å². The van der Waals surface area contributed by atoms with Crippen LogP contribution in [0.1, 0.15) is 44.7 Å². The summed E-state index contributed by atoms with van der Waals surface area (Å²) >= 11 is 0. The van der Waals surface area contributed by atoms with Gasteiger partial charge in [-0.2, -0.15) is 0 Å². The summed E-state index contributed by atoms with van der Waals surface area (Å²) in [5, 5.41) is 3.50. The molecule has 0 aliphatic heterocycles. The molecule has 0 bridgehead atoms. The summed E-state index contributed by atoms with van der Waals surface area (Å²) in [6.07, 6.45) is 3.68. The molecule has 1 heteroatoms. The van der Waals surface area contributed by atoms with Gasteiger partial charge in [0.2, 0.25) is 0 Å². The van der Waals surface area contributed by atoms with E-state index in [1.54, 1.807) is 0 Å². The van der Waals surface area contributed by atoms with Gasteiger partial charge in [-0.3, -0.25) is 5.32 Å². The van der Waals surface area contributed by atoms with Crippen LogP contribution in [0, 0.1) is 11.8 Å². The van der Waals surface area contributed by atoms with Crippen LogP contribution in [0.3, 0.4) is 0 Å². The highest BCUT2D eigenvalue weighted by atomic mass is 14.9. The van der Waals surface area contributed by atoms with Gasteiger partial charge in [0, 0.05) is 6.04 Å². The van der Waals surface area contributed by atoms with Crippen molar-refractivity contribution in [3.05, 3.63) is 35.9 Å². The summed E-state index contributed by atoms with van der Waals surface area (Å²) < 4.78 is 0. The number of nitrogens with one attached hydrogen (secondary N) is 1. The predicted molar refractivity (Wildman–Crippen MR) is 70.2 cm³/mol. The van der Waals surface area contributed by atoms with Gasteiger partial charge in [-0.05, 0) is 18.9 Å². The Bertz CT molecular complexity index is 331. The second-order valence-electron chi connectivity index (χ2n) is 3.91. The second kappa shape index (κ2) is 7.96. The van der Waals surface area contributed by atoms with E-state index >= 15 is 0 Å². The standard InChI is InChI=1S/C15H21N/c1-3-5-12-15(16-13-6-4-2)14-10-8-7-9-11-14/h7-11,15-16H,3,5,12-13H2,1-2H3. The monoisotopic (exact) mass is 215 g/mol. The smallest absolute Gasteiger partial charge is 0.0581 e. The number of hydrogen-bond acceptors (Lipinski definition) is 1. The fourth-order valence-corrected chi connectivity index (χ4v) is 1.74. The molecule has 1 atom stereocenters. The SMILES string of the molecule is CC#CCNC(CCCC)c1ccccc1. The van der Waals surface area contributed by atoms with Crippen LogP contribution in [0.2, 0.25) is 0 Å². The molecule has 1 rings (SSSR count). The second-order valence-corrected chi connectivity index (χ2v) is 3.91. The predicted octanol–water partition coefficient (Wildman–Crippen LogP) is 3.53. The van der Waals surface area contributed by atoms with Gasteiger partial charge in [0.25, 0.3) is 0 Å². The van der Waals surface area contributed by atoms with Crippen molar-refractivity contribution in [3.63, 3.8) is 0 Å². The first-order valence-corrected chi connectivity index (χ1v) is 6.06. The third kappa shape index (κ3) is 4.51. The normalized spacial score (nSPS) is 11.6. The van der Waals surface area contributed by atoms with E-state index in [-0.39, 0.29) is 0 Å². The Morgan fingerprint density at radius 1 is 1.25 bits per heavy atom. The molecule has 1 aromatic rings. The first kappa shape index (κ1) is 12.8. The van der Waals surface area contributed by atoms with E-state index < -0.39 is 0 Å². The van der Waals surface area contributed by atoms with E-state index in [9.17, 15) is 0 Å². The van der Waals surface area contributed by atoms with E-state index in [0.717, 1.165) is 6.54 Å². The van der Waals surface area contributed by atoms with Crippen LogP contribution >= 0.6 is 0 Å². The molecule has 0 aliphatic rings. The largest absolute Gasteiger partial charge is 0.299 e. The Balaban J connectivity index is 2.58. The molecule has 0 spiro atoms. The number of benzene rings is 1. The summed E-state index contributed by atoms with van der Waals surface area (Å²) in [6, 6.07) is 11.1. The molecule has 0 saturated heterocycles. The zero-order valence-corrected chi connectivity index (χ0v) is 10.3. The third-order valence-electron chi connectivity index (χ3n) is 2.66. The van der Waals surface area contributed by atoms with Crippen LogP contribution < -0.4 is 5.32 Å². The molecule has 1 N–H and O–H groups in total. The Labute approximate surface area is 99.3 Å². The number of rotatable bonds is 6. The van der Waals surface area contributed by atoms with Gasteiger partial charge >= 0.3 is 0 Å². The summed E-state index contributed by atoms with van der Waals surface area (Å²) in [5.41, 5.74) is 1.37. The van der Waals surface area contributed by atoms with Crippen molar-refractivity contribution in [2.75, 3.05) is 6.54 Å². The van der Waals surface area contributed by atoms with Crippen molar-refractivity contribution in [2.45, 2.75) is 39.2 Å². The Kier molecular flexibility index (Phi) is 6.37. The third-order valence-corrected chi connectivity index (χ3v) is 2.66. The van der Waals surface area contributed by atoms with Crippen molar-refractivity contribution in [1.29, 1.82) is 0 Å². The Hall–Kier alpha value is -1.26. The van der Waals surface area contributed by atoms with Crippen LogP contribution in [-0.2, 0) is 0 Å². The molecule has 1 nitrogen and oxygen atoms in total. The van der Waals surface area contributed by atoms with Gasteiger partial charge in [-0.15, -0.1) is 5.92 Å². The zero-order valence-electron chi connectivity index (χ0n) is 10.3. The summed E-state index contributed by atoms with van der Waals surface area (Å²) in [4.78, 5) is 0. The van der Waals surface area contributed by atoms with Crippen molar-refractivity contribution < 1.29 is 0 Å². The van der Waals surface area contributed by atoms with Crippen molar-refractivity contribution >= 4 is 0 Å². The lowest BCUT2D eigenvalue weighted by Crippen LogP contribution is -2.21. The van der Waals surface area contributed by atoms with Crippen LogP contribution in [0.4, 0.5) is 0 Å². The quantitative estimate of drug-likeness (QED) is 0.716. The summed E-state index contributed by atoms with van der Waals surface area (Å²) in [6.45, 7) is 4.89. The maximum atomic E-state index is 3.50. The molecule has 86 valence electrons. The van der Waals surface area contributed by atoms with Crippen LogP contribution in [0.15, 0.2) is 30.3 Å². The van der Waals surface area contributed by atoms with Gasteiger partial charge in [-0.1, -0.05) is 56.0 Å². The van der Waals surface area contributed by atoms with Crippen molar-refractivity contribution in [3.8, 4) is 11.8 Å². The summed E-state index contributed by atoms with van der Waals surface area (Å²) in [5.74, 6) is 5.98. The lowest BCUT2D eigenvalue weighted by atomic mass is 10.0. The Morgan fingerprint density at radius 2 is 2.00 bits per heavy atom. The number of unbranched alkanes of at least 4 members (excludes halogenated alkanes) is 1. The highest BCUT2D eigenvalue weighted by molar-refractivity contribution is 5.19. The molecule has 0 aromatic heterocycles. The van der Waals surface area contributed by atoms with E-state index in [0.29, 0.717) is 6.04 Å². The zero-order chi connectivity index (χ0) is 11.6. The maximum Gasteiger partial charge on any atom is 0.0581 e. The molecular weight excluding hydrogens is 194 g/mol. The Morgan fingerprint density at radius 3 is 2.62 bits per heavy atom. The van der Waals surface area contributed by atoms with Crippen molar-refractivity contribution in [2.24, 2.45) is 0 Å². The van der Waals surface area contributed by atoms with E-state index in [4.69, 9.17) is 0 Å². The first-order valence-electron chi connectivity index (χ1n) is 6.06. The van der Waals surface area contributed by atoms with E-state index in [2.05, 4.69) is 54.4 Å². The fourth-order valence-electron chi connectivity index (χ4n) is 1.74. The number of hydrogen-bond donors (Lipinski definition) is 1. The average Bonchev–Trinajstić information content (AvgIpc) is 2.35. The first-order chi connectivity index (χ1) is 7.88. The van der Waals surface area contributed by atoms with Crippen LogP contribution in [0.25, 0.3) is 0 Å². The van der Waals surface area contributed by atoms with E-state index in [1.807, 2.05) is 6.92 Å². The van der Waals surface area contributed by atoms with Crippen LogP contribution in [0.5, 0.6) is 0 Å². The minimum Gasteiger partial charge on any atom is -0.299 e. The molecule has 0 aliphatic carbocycles. The summed E-state index contributed by atoms with van der Waals surface area (Å²) in [7, 11) is 0. The van der Waals surface area contributed by atoms with Crippen molar-refractivity contribution in [1.82, 2.24) is 5.32 Å². The molecular formula is C15H21N. The molecule has 1 aromatic carbocycles. The van der Waals surface area contributed by atoms with Gasteiger partial charge in [0.1, 0.15) is 0 Å². The lowest BCUT2D eigenvalue weighted by Gasteiger charge is -2.17. The van der Waals surface area contributed by atoms with Gasteiger partial charge in [0.05, 0.1) is 6.54 Å².